The molecule has 0 aromatic carbocycles. The fraction of sp³-hybridized carbons (Fsp3) is 0.900. The topological polar surface area (TPSA) is 101 Å². The van der Waals surface area contributed by atoms with Crippen molar-refractivity contribution in [2.75, 3.05) is 0 Å². The summed E-state index contributed by atoms with van der Waals surface area (Å²) in [5, 5.41) is 17.2. The maximum atomic E-state index is 8.59. The number of unbranched alkanes of at least 4 members (excludes halogenated alkanes) is 1. The van der Waals surface area contributed by atoms with Crippen molar-refractivity contribution in [3.8, 4) is 0 Å². The Labute approximate surface area is 97.2 Å². The van der Waals surface area contributed by atoms with Gasteiger partial charge in [-0.25, -0.2) is 0 Å². The highest BCUT2D eigenvalue weighted by atomic mass is 16.4. The molecule has 5 nitrogen and oxygen atoms in total. The Morgan fingerprint density at radius 2 is 1.75 bits per heavy atom. The molecule has 4 N–H and O–H groups in total. The van der Waals surface area contributed by atoms with Gasteiger partial charge in [0, 0.05) is 6.04 Å². The molecule has 0 aromatic rings. The van der Waals surface area contributed by atoms with Gasteiger partial charge in [-0.15, -0.1) is 0 Å². The minimum atomic E-state index is -1.15. The first kappa shape index (κ1) is 17.7. The Morgan fingerprint density at radius 3 is 2.12 bits per heavy atom. The molecule has 6 heteroatoms. The maximum Gasteiger partial charge on any atom is 0.451 e. The van der Waals surface area contributed by atoms with E-state index in [1.54, 1.807) is 0 Å². The van der Waals surface area contributed by atoms with E-state index in [9.17, 15) is 0 Å². The molecule has 0 bridgehead atoms. The van der Waals surface area contributed by atoms with Crippen molar-refractivity contribution in [1.29, 1.82) is 0 Å². The van der Waals surface area contributed by atoms with Crippen LogP contribution in [0.4, 0.5) is 0 Å². The van der Waals surface area contributed by atoms with Crippen LogP contribution in [0.1, 0.15) is 39.5 Å². The Balaban J connectivity index is 0. The number of nitrogens with two attached hydrogens (primary N) is 1. The molecule has 0 aliphatic carbocycles. The smallest absolute Gasteiger partial charge is 0.427 e. The van der Waals surface area contributed by atoms with Gasteiger partial charge in [0.05, 0.1) is 0 Å². The molecule has 0 radical (unpaired) electrons. The average molecular weight is 231 g/mol. The first-order valence-corrected chi connectivity index (χ1v) is 5.55. The monoisotopic (exact) mass is 231 g/mol. The van der Waals surface area contributed by atoms with E-state index in [2.05, 4.69) is 13.8 Å². The molecule has 0 saturated carbocycles. The van der Waals surface area contributed by atoms with Crippen LogP contribution in [0.2, 0.25) is 6.32 Å². The summed E-state index contributed by atoms with van der Waals surface area (Å²) in [5.74, 6) is 0.651. The van der Waals surface area contributed by atoms with Crippen LogP contribution in [0.15, 0.2) is 0 Å². The number of carbonyl (C=O) groups excluding carboxylic acids is 2. The van der Waals surface area contributed by atoms with E-state index in [0.29, 0.717) is 12.2 Å². The van der Waals surface area contributed by atoms with Gasteiger partial charge in [-0.2, -0.15) is 9.59 Å². The normalized spacial score (nSPS) is 11.4. The molecule has 0 saturated heterocycles. The third kappa shape index (κ3) is 19.0. The van der Waals surface area contributed by atoms with Crippen molar-refractivity contribution in [3.63, 3.8) is 0 Å². The molecule has 0 aliphatic heterocycles. The zero-order valence-corrected chi connectivity index (χ0v) is 10.1. The van der Waals surface area contributed by atoms with Gasteiger partial charge in [-0.3, -0.25) is 0 Å². The van der Waals surface area contributed by atoms with Gasteiger partial charge in [0.25, 0.3) is 0 Å². The Kier molecular flexibility index (Phi) is 13.7. The van der Waals surface area contributed by atoms with Gasteiger partial charge in [-0.05, 0) is 25.1 Å². The Bertz CT molecular complexity index is 182. The van der Waals surface area contributed by atoms with Crippen LogP contribution in [0.5, 0.6) is 0 Å². The third-order valence-corrected chi connectivity index (χ3v) is 2.06. The highest BCUT2D eigenvalue weighted by Crippen LogP contribution is 2.10. The lowest BCUT2D eigenvalue weighted by Gasteiger charge is -2.13. The van der Waals surface area contributed by atoms with E-state index < -0.39 is 7.12 Å². The van der Waals surface area contributed by atoms with Crippen LogP contribution < -0.4 is 5.73 Å². The minimum absolute atomic E-state index is 0.250. The van der Waals surface area contributed by atoms with E-state index in [4.69, 9.17) is 25.4 Å². The molecule has 0 fully saturated rings. The molecule has 0 rings (SSSR count). The first-order chi connectivity index (χ1) is 7.43. The second-order valence-electron chi connectivity index (χ2n) is 4.24. The summed E-state index contributed by atoms with van der Waals surface area (Å²) in [7, 11) is -1.15. The Morgan fingerprint density at radius 1 is 1.25 bits per heavy atom. The summed E-state index contributed by atoms with van der Waals surface area (Å²) in [6, 6.07) is 0.274. The fourth-order valence-corrected chi connectivity index (χ4v) is 1.46. The van der Waals surface area contributed by atoms with Gasteiger partial charge in [-0.1, -0.05) is 26.7 Å². The SMILES string of the molecule is CC(C)CC(N)CCCCB(O)O.O=C=O. The van der Waals surface area contributed by atoms with E-state index in [0.717, 1.165) is 25.7 Å². The van der Waals surface area contributed by atoms with Gasteiger partial charge in [0.1, 0.15) is 0 Å². The fourth-order valence-electron chi connectivity index (χ4n) is 1.46. The summed E-state index contributed by atoms with van der Waals surface area (Å²) >= 11 is 0. The molecular formula is C10H22BNO4. The predicted molar refractivity (Wildman–Crippen MR) is 61.3 cm³/mol. The lowest BCUT2D eigenvalue weighted by Crippen LogP contribution is -2.22. The molecule has 0 amide bonds. The summed E-state index contributed by atoms with van der Waals surface area (Å²) in [6.45, 7) is 4.33. The predicted octanol–water partition coefficient (Wildman–Crippen LogP) is 0.419. The van der Waals surface area contributed by atoms with E-state index in [-0.39, 0.29) is 12.2 Å². The van der Waals surface area contributed by atoms with E-state index in [1.807, 2.05) is 0 Å². The number of hydrogen-bond donors (Lipinski definition) is 3. The van der Waals surface area contributed by atoms with Crippen molar-refractivity contribution in [3.05, 3.63) is 0 Å². The van der Waals surface area contributed by atoms with E-state index in [1.165, 1.54) is 0 Å². The molecule has 1 unspecified atom stereocenters. The van der Waals surface area contributed by atoms with Gasteiger partial charge < -0.3 is 15.8 Å². The second-order valence-corrected chi connectivity index (χ2v) is 4.24. The summed E-state index contributed by atoms with van der Waals surface area (Å²) < 4.78 is 0. The molecular weight excluding hydrogens is 209 g/mol. The number of hydrogen-bond acceptors (Lipinski definition) is 5. The molecule has 0 spiro atoms. The van der Waals surface area contributed by atoms with Gasteiger partial charge in [0.15, 0.2) is 0 Å². The summed E-state index contributed by atoms with van der Waals surface area (Å²) in [5.41, 5.74) is 5.87. The second kappa shape index (κ2) is 12.4. The average Bonchev–Trinajstić information content (AvgIpc) is 2.12. The molecule has 94 valence electrons. The molecule has 0 aliphatic rings. The van der Waals surface area contributed by atoms with Crippen LogP contribution in [0, 0.1) is 5.92 Å². The van der Waals surface area contributed by atoms with Crippen LogP contribution in [-0.2, 0) is 9.59 Å². The summed E-state index contributed by atoms with van der Waals surface area (Å²) in [4.78, 5) is 16.2. The highest BCUT2D eigenvalue weighted by molar-refractivity contribution is 6.40. The largest absolute Gasteiger partial charge is 0.451 e. The highest BCUT2D eigenvalue weighted by Gasteiger charge is 2.08. The lowest BCUT2D eigenvalue weighted by atomic mass is 9.83. The molecule has 0 aromatic heterocycles. The first-order valence-electron chi connectivity index (χ1n) is 5.55. The van der Waals surface area contributed by atoms with Gasteiger partial charge in [0.2, 0.25) is 0 Å². The minimum Gasteiger partial charge on any atom is -0.427 e. The standard InChI is InChI=1S/C9H22BNO2.CO2/c1-8(2)7-9(11)5-3-4-6-10(12)13;2-1-3/h8-9,12-13H,3-7,11H2,1-2H3;. The zero-order chi connectivity index (χ0) is 13.0. The van der Waals surface area contributed by atoms with Crippen molar-refractivity contribution in [2.24, 2.45) is 11.7 Å². The van der Waals surface area contributed by atoms with Gasteiger partial charge >= 0.3 is 13.3 Å². The Hall–Kier alpha value is -0.675. The van der Waals surface area contributed by atoms with Crippen molar-refractivity contribution < 1.29 is 19.6 Å². The molecule has 0 heterocycles. The third-order valence-electron chi connectivity index (χ3n) is 2.06. The molecule has 1 atom stereocenters. The molecule has 16 heavy (non-hydrogen) atoms. The number of rotatable bonds is 7. The van der Waals surface area contributed by atoms with Crippen molar-refractivity contribution in [2.45, 2.75) is 51.9 Å². The van der Waals surface area contributed by atoms with Crippen molar-refractivity contribution in [1.82, 2.24) is 0 Å². The van der Waals surface area contributed by atoms with Crippen molar-refractivity contribution >= 4 is 13.3 Å². The van der Waals surface area contributed by atoms with Crippen LogP contribution in [0.25, 0.3) is 0 Å². The quantitative estimate of drug-likeness (QED) is 0.435. The maximum absolute atomic E-state index is 8.59. The zero-order valence-electron chi connectivity index (χ0n) is 10.1. The van der Waals surface area contributed by atoms with Crippen LogP contribution in [0.3, 0.4) is 0 Å². The summed E-state index contributed by atoms with van der Waals surface area (Å²) in [6.07, 6.45) is 4.61. The van der Waals surface area contributed by atoms with Crippen LogP contribution in [-0.4, -0.2) is 29.4 Å². The lowest BCUT2D eigenvalue weighted by molar-refractivity contribution is -0.191. The van der Waals surface area contributed by atoms with E-state index >= 15 is 0 Å². The van der Waals surface area contributed by atoms with Crippen LogP contribution >= 0.6 is 0 Å².